The lowest BCUT2D eigenvalue weighted by atomic mass is 9.80. The van der Waals surface area contributed by atoms with Crippen molar-refractivity contribution in [3.8, 4) is 5.75 Å². The maximum atomic E-state index is 9.59. The van der Waals surface area contributed by atoms with Crippen molar-refractivity contribution < 1.29 is 5.11 Å². The third kappa shape index (κ3) is 6.45. The number of hydrogen-bond donors (Lipinski definition) is 1. The summed E-state index contributed by atoms with van der Waals surface area (Å²) in [5, 5.41) is 9.59. The van der Waals surface area contributed by atoms with Gasteiger partial charge in [-0.05, 0) is 29.5 Å². The zero-order valence-electron chi connectivity index (χ0n) is 13.6. The Bertz CT molecular complexity index is 368. The summed E-state index contributed by atoms with van der Waals surface area (Å²) in [5.41, 5.74) is 1.42. The average molecular weight is 276 g/mol. The van der Waals surface area contributed by atoms with Crippen molar-refractivity contribution in [2.75, 3.05) is 0 Å². The molecule has 0 fully saturated rings. The van der Waals surface area contributed by atoms with Crippen LogP contribution >= 0.6 is 0 Å². The van der Waals surface area contributed by atoms with Gasteiger partial charge in [-0.25, -0.2) is 0 Å². The Kier molecular flexibility index (Phi) is 7.72. The highest BCUT2D eigenvalue weighted by molar-refractivity contribution is 5.31. The molecule has 1 aromatic carbocycles. The molecule has 0 aliphatic rings. The number of benzene rings is 1. The van der Waals surface area contributed by atoms with Gasteiger partial charge in [0.15, 0.2) is 0 Å². The van der Waals surface area contributed by atoms with Gasteiger partial charge >= 0.3 is 0 Å². The summed E-state index contributed by atoms with van der Waals surface area (Å²) in [6, 6.07) is 7.73. The first-order valence-corrected chi connectivity index (χ1v) is 8.36. The van der Waals surface area contributed by atoms with Gasteiger partial charge in [0.1, 0.15) is 5.75 Å². The van der Waals surface area contributed by atoms with Crippen LogP contribution in [0.25, 0.3) is 0 Å². The van der Waals surface area contributed by atoms with Crippen LogP contribution in [0.15, 0.2) is 24.3 Å². The molecule has 1 aromatic rings. The van der Waals surface area contributed by atoms with Crippen molar-refractivity contribution in [1.29, 1.82) is 0 Å². The molecule has 0 aromatic heterocycles. The molecule has 0 amide bonds. The van der Waals surface area contributed by atoms with E-state index in [2.05, 4.69) is 26.8 Å². The smallest absolute Gasteiger partial charge is 0.115 e. The first-order valence-electron chi connectivity index (χ1n) is 8.36. The van der Waals surface area contributed by atoms with Crippen molar-refractivity contribution in [3.05, 3.63) is 29.8 Å². The number of unbranched alkanes of at least 4 members (excludes halogenated alkanes) is 7. The molecule has 0 heterocycles. The zero-order chi connectivity index (χ0) is 14.8. The Hall–Kier alpha value is -0.980. The van der Waals surface area contributed by atoms with Crippen molar-refractivity contribution in [2.24, 2.45) is 0 Å². The Morgan fingerprint density at radius 2 is 1.50 bits per heavy atom. The predicted octanol–water partition coefficient (Wildman–Crippen LogP) is 6.20. The van der Waals surface area contributed by atoms with Crippen molar-refractivity contribution in [1.82, 2.24) is 0 Å². The van der Waals surface area contributed by atoms with E-state index in [1.165, 1.54) is 63.4 Å². The second kappa shape index (κ2) is 9.05. The topological polar surface area (TPSA) is 20.2 Å². The molecule has 0 aliphatic heterocycles. The fraction of sp³-hybridized carbons (Fsp3) is 0.684. The van der Waals surface area contributed by atoms with Gasteiger partial charge in [-0.3, -0.25) is 0 Å². The number of rotatable bonds is 10. The summed E-state index contributed by atoms with van der Waals surface area (Å²) in [6.45, 7) is 6.83. The van der Waals surface area contributed by atoms with Crippen LogP contribution in [0.5, 0.6) is 5.75 Å². The number of aromatic hydroxyl groups is 1. The van der Waals surface area contributed by atoms with Crippen LogP contribution in [0.1, 0.15) is 84.1 Å². The zero-order valence-corrected chi connectivity index (χ0v) is 13.6. The van der Waals surface area contributed by atoms with E-state index in [9.17, 15) is 5.11 Å². The SMILES string of the molecule is CCCCCCCCCCC(C)(C)c1cccc(O)c1. The van der Waals surface area contributed by atoms with Crippen molar-refractivity contribution in [3.63, 3.8) is 0 Å². The quantitative estimate of drug-likeness (QED) is 0.504. The van der Waals surface area contributed by atoms with Gasteiger partial charge in [0, 0.05) is 0 Å². The second-order valence-electron chi connectivity index (χ2n) is 6.66. The van der Waals surface area contributed by atoms with E-state index in [1.54, 1.807) is 6.07 Å². The maximum Gasteiger partial charge on any atom is 0.115 e. The molecule has 0 saturated carbocycles. The molecule has 0 spiro atoms. The highest BCUT2D eigenvalue weighted by Crippen LogP contribution is 2.31. The molecule has 114 valence electrons. The van der Waals surface area contributed by atoms with Crippen molar-refractivity contribution >= 4 is 0 Å². The van der Waals surface area contributed by atoms with Crippen LogP contribution in [0.3, 0.4) is 0 Å². The van der Waals surface area contributed by atoms with Gasteiger partial charge in [-0.1, -0.05) is 84.3 Å². The minimum atomic E-state index is 0.168. The molecule has 0 atom stereocenters. The summed E-state index contributed by atoms with van der Waals surface area (Å²) in [6.07, 6.45) is 12.1. The molecule has 0 bridgehead atoms. The molecule has 0 saturated heterocycles. The Balaban J connectivity index is 2.20. The van der Waals surface area contributed by atoms with Gasteiger partial charge in [0.2, 0.25) is 0 Å². The van der Waals surface area contributed by atoms with E-state index >= 15 is 0 Å². The first kappa shape index (κ1) is 17.1. The minimum absolute atomic E-state index is 0.168. The molecule has 1 N–H and O–H groups in total. The highest BCUT2D eigenvalue weighted by Gasteiger charge is 2.20. The summed E-state index contributed by atoms with van der Waals surface area (Å²) < 4.78 is 0. The summed E-state index contributed by atoms with van der Waals surface area (Å²) in [7, 11) is 0. The van der Waals surface area contributed by atoms with Crippen LogP contribution in [0, 0.1) is 0 Å². The number of hydrogen-bond acceptors (Lipinski definition) is 1. The minimum Gasteiger partial charge on any atom is -0.508 e. The number of phenolic OH excluding ortho intramolecular Hbond substituents is 1. The first-order chi connectivity index (χ1) is 9.56. The van der Waals surface area contributed by atoms with E-state index in [1.807, 2.05) is 12.1 Å². The van der Waals surface area contributed by atoms with Crippen LogP contribution < -0.4 is 0 Å². The summed E-state index contributed by atoms with van der Waals surface area (Å²) in [5.74, 6) is 0.381. The van der Waals surface area contributed by atoms with Crippen LogP contribution in [-0.2, 0) is 5.41 Å². The highest BCUT2D eigenvalue weighted by atomic mass is 16.3. The molecule has 0 unspecified atom stereocenters. The average Bonchev–Trinajstić information content (AvgIpc) is 2.42. The van der Waals surface area contributed by atoms with E-state index in [0.29, 0.717) is 5.75 Å². The molecule has 20 heavy (non-hydrogen) atoms. The van der Waals surface area contributed by atoms with Gasteiger partial charge in [0.05, 0.1) is 0 Å². The van der Waals surface area contributed by atoms with E-state index in [4.69, 9.17) is 0 Å². The third-order valence-corrected chi connectivity index (χ3v) is 4.28. The molecule has 0 radical (unpaired) electrons. The summed E-state index contributed by atoms with van der Waals surface area (Å²) in [4.78, 5) is 0. The van der Waals surface area contributed by atoms with Crippen LogP contribution in [0.4, 0.5) is 0 Å². The Morgan fingerprint density at radius 3 is 2.10 bits per heavy atom. The van der Waals surface area contributed by atoms with Crippen molar-refractivity contribution in [2.45, 2.75) is 84.0 Å². The fourth-order valence-corrected chi connectivity index (χ4v) is 2.77. The lowest BCUT2D eigenvalue weighted by molar-refractivity contribution is 0.434. The molecular weight excluding hydrogens is 244 g/mol. The fourth-order valence-electron chi connectivity index (χ4n) is 2.77. The van der Waals surface area contributed by atoms with Gasteiger partial charge in [0.25, 0.3) is 0 Å². The van der Waals surface area contributed by atoms with Crippen LogP contribution in [0.2, 0.25) is 0 Å². The van der Waals surface area contributed by atoms with E-state index < -0.39 is 0 Å². The Morgan fingerprint density at radius 1 is 0.900 bits per heavy atom. The van der Waals surface area contributed by atoms with Gasteiger partial charge < -0.3 is 5.11 Å². The second-order valence-corrected chi connectivity index (χ2v) is 6.66. The molecule has 1 rings (SSSR count). The van der Waals surface area contributed by atoms with E-state index in [-0.39, 0.29) is 5.41 Å². The number of phenols is 1. The van der Waals surface area contributed by atoms with Gasteiger partial charge in [-0.15, -0.1) is 0 Å². The maximum absolute atomic E-state index is 9.59. The standard InChI is InChI=1S/C19H32O/c1-4-5-6-7-8-9-10-11-15-19(2,3)17-13-12-14-18(20)16-17/h12-14,16,20H,4-11,15H2,1-3H3. The molecule has 1 nitrogen and oxygen atoms in total. The van der Waals surface area contributed by atoms with Crippen LogP contribution in [-0.4, -0.2) is 5.11 Å². The lowest BCUT2D eigenvalue weighted by Crippen LogP contribution is -2.16. The normalized spacial score (nSPS) is 11.8. The summed E-state index contributed by atoms with van der Waals surface area (Å²) >= 11 is 0. The molecular formula is C19H32O. The largest absolute Gasteiger partial charge is 0.508 e. The monoisotopic (exact) mass is 276 g/mol. The lowest BCUT2D eigenvalue weighted by Gasteiger charge is -2.25. The molecule has 1 heteroatoms. The third-order valence-electron chi connectivity index (χ3n) is 4.28. The Labute approximate surface area is 125 Å². The predicted molar refractivity (Wildman–Crippen MR) is 88.4 cm³/mol. The molecule has 0 aliphatic carbocycles. The van der Waals surface area contributed by atoms with E-state index in [0.717, 1.165) is 0 Å². The van der Waals surface area contributed by atoms with Gasteiger partial charge in [-0.2, -0.15) is 0 Å².